The molecule has 0 fully saturated rings. The third kappa shape index (κ3) is 6.33. The van der Waals surface area contributed by atoms with Gasteiger partial charge in [0.05, 0.1) is 24.6 Å². The van der Waals surface area contributed by atoms with Gasteiger partial charge in [-0.3, -0.25) is 0 Å². The maximum absolute atomic E-state index is 11.7. The van der Waals surface area contributed by atoms with Crippen LogP contribution in [0, 0.1) is 0 Å². The molecular formula is C13H22N2O4S. The summed E-state index contributed by atoms with van der Waals surface area (Å²) in [6.07, 6.45) is -0.915. The molecule has 1 atom stereocenters. The Morgan fingerprint density at radius 1 is 1.30 bits per heavy atom. The molecule has 0 radical (unpaired) electrons. The van der Waals surface area contributed by atoms with Crippen LogP contribution in [0.25, 0.3) is 0 Å². The second-order valence-corrected chi connectivity index (χ2v) is 6.70. The highest BCUT2D eigenvalue weighted by molar-refractivity contribution is 7.89. The molecule has 0 aliphatic rings. The average molecular weight is 302 g/mol. The highest BCUT2D eigenvalue weighted by Gasteiger charge is 2.14. The molecule has 7 heteroatoms. The van der Waals surface area contributed by atoms with Gasteiger partial charge in [0, 0.05) is 12.2 Å². The molecule has 0 bridgehead atoms. The second kappa shape index (κ2) is 7.58. The van der Waals surface area contributed by atoms with Crippen molar-refractivity contribution in [2.75, 3.05) is 24.6 Å². The summed E-state index contributed by atoms with van der Waals surface area (Å²) in [4.78, 5) is 0. The van der Waals surface area contributed by atoms with Crippen molar-refractivity contribution in [2.45, 2.75) is 26.1 Å². The molecule has 0 heterocycles. The second-order valence-electron chi connectivity index (χ2n) is 4.77. The molecule has 114 valence electrons. The molecule has 0 aliphatic carbocycles. The lowest BCUT2D eigenvalue weighted by molar-refractivity contribution is 0.0910. The van der Waals surface area contributed by atoms with Gasteiger partial charge in [0.1, 0.15) is 0 Å². The summed E-state index contributed by atoms with van der Waals surface area (Å²) in [5.74, 6) is -0.125. The maximum atomic E-state index is 11.7. The van der Waals surface area contributed by atoms with E-state index in [1.54, 1.807) is 24.3 Å². The number of hydrogen-bond acceptors (Lipinski definition) is 5. The van der Waals surface area contributed by atoms with Crippen molar-refractivity contribution in [1.82, 2.24) is 4.72 Å². The van der Waals surface area contributed by atoms with Gasteiger partial charge < -0.3 is 15.6 Å². The van der Waals surface area contributed by atoms with Crippen molar-refractivity contribution in [3.63, 3.8) is 0 Å². The van der Waals surface area contributed by atoms with Crippen molar-refractivity contribution in [1.29, 1.82) is 0 Å². The zero-order valence-electron chi connectivity index (χ0n) is 11.7. The Hall–Kier alpha value is -1.15. The number of hydrogen-bond donors (Lipinski definition) is 3. The van der Waals surface area contributed by atoms with Gasteiger partial charge in [0.25, 0.3) is 0 Å². The number of nitrogen functional groups attached to an aromatic ring is 1. The van der Waals surface area contributed by atoms with Crippen LogP contribution in [-0.4, -0.2) is 38.5 Å². The van der Waals surface area contributed by atoms with E-state index in [0.717, 1.165) is 0 Å². The predicted octanol–water partition coefficient (Wildman–Crippen LogP) is 0.647. The lowest BCUT2D eigenvalue weighted by atomic mass is 10.1. The van der Waals surface area contributed by atoms with Gasteiger partial charge in [0.15, 0.2) is 0 Å². The Labute approximate surface area is 120 Å². The summed E-state index contributed by atoms with van der Waals surface area (Å²) in [6, 6.07) is 6.64. The number of aliphatic hydroxyl groups is 1. The van der Waals surface area contributed by atoms with Crippen LogP contribution in [-0.2, 0) is 14.8 Å². The topological polar surface area (TPSA) is 102 Å². The first kappa shape index (κ1) is 16.9. The van der Waals surface area contributed by atoms with Gasteiger partial charge in [-0.25, -0.2) is 13.1 Å². The summed E-state index contributed by atoms with van der Waals surface area (Å²) in [6.45, 7) is 3.73. The number of nitrogens with one attached hydrogen (secondary N) is 1. The largest absolute Gasteiger partial charge is 0.399 e. The van der Waals surface area contributed by atoms with Crippen molar-refractivity contribution in [3.05, 3.63) is 29.8 Å². The normalized spacial score (nSPS) is 13.6. The fourth-order valence-corrected chi connectivity index (χ4v) is 2.38. The monoisotopic (exact) mass is 302 g/mol. The summed E-state index contributed by atoms with van der Waals surface area (Å²) >= 11 is 0. The lowest BCUT2D eigenvalue weighted by Crippen LogP contribution is -2.32. The van der Waals surface area contributed by atoms with Crippen molar-refractivity contribution in [2.24, 2.45) is 0 Å². The van der Waals surface area contributed by atoms with E-state index in [-0.39, 0.29) is 25.0 Å². The van der Waals surface area contributed by atoms with Gasteiger partial charge in [-0.1, -0.05) is 12.1 Å². The number of sulfonamides is 1. The standard InChI is InChI=1S/C13H22N2O4S/c1-10(2)19-7-8-20(17,18)15-9-13(16)11-3-5-12(14)6-4-11/h3-6,10,13,15-16H,7-9,14H2,1-2H3. The smallest absolute Gasteiger partial charge is 0.213 e. The highest BCUT2D eigenvalue weighted by atomic mass is 32.2. The van der Waals surface area contributed by atoms with Crippen LogP contribution in [0.3, 0.4) is 0 Å². The molecule has 20 heavy (non-hydrogen) atoms. The maximum Gasteiger partial charge on any atom is 0.213 e. The quantitative estimate of drug-likeness (QED) is 0.612. The minimum absolute atomic E-state index is 0.00873. The summed E-state index contributed by atoms with van der Waals surface area (Å²) in [5, 5.41) is 9.89. The van der Waals surface area contributed by atoms with Crippen molar-refractivity contribution < 1.29 is 18.3 Å². The molecule has 1 aromatic carbocycles. The third-order valence-electron chi connectivity index (χ3n) is 2.62. The molecule has 1 rings (SSSR count). The molecule has 4 N–H and O–H groups in total. The highest BCUT2D eigenvalue weighted by Crippen LogP contribution is 2.14. The van der Waals surface area contributed by atoms with Crippen LogP contribution in [0.1, 0.15) is 25.5 Å². The van der Waals surface area contributed by atoms with E-state index in [1.165, 1.54) is 0 Å². The van der Waals surface area contributed by atoms with E-state index in [1.807, 2.05) is 13.8 Å². The van der Waals surface area contributed by atoms with Gasteiger partial charge in [-0.15, -0.1) is 0 Å². The molecule has 0 amide bonds. The van der Waals surface area contributed by atoms with Gasteiger partial charge >= 0.3 is 0 Å². The van der Waals surface area contributed by atoms with Crippen LogP contribution in [0.5, 0.6) is 0 Å². The number of rotatable bonds is 8. The molecule has 0 saturated carbocycles. The first-order chi connectivity index (χ1) is 9.30. The molecule has 1 aromatic rings. The Morgan fingerprint density at radius 2 is 1.90 bits per heavy atom. The minimum Gasteiger partial charge on any atom is -0.399 e. The number of anilines is 1. The van der Waals surface area contributed by atoms with Gasteiger partial charge in [-0.05, 0) is 31.5 Å². The summed E-state index contributed by atoms with van der Waals surface area (Å²) in [7, 11) is -3.45. The Kier molecular flexibility index (Phi) is 6.41. The van der Waals surface area contributed by atoms with E-state index >= 15 is 0 Å². The lowest BCUT2D eigenvalue weighted by Gasteiger charge is -2.13. The Balaban J connectivity index is 2.43. The van der Waals surface area contributed by atoms with Gasteiger partial charge in [-0.2, -0.15) is 0 Å². The number of ether oxygens (including phenoxy) is 1. The van der Waals surface area contributed by atoms with Crippen LogP contribution >= 0.6 is 0 Å². The van der Waals surface area contributed by atoms with E-state index in [0.29, 0.717) is 11.3 Å². The fourth-order valence-electron chi connectivity index (χ4n) is 1.51. The fraction of sp³-hybridized carbons (Fsp3) is 0.538. The van der Waals surface area contributed by atoms with Crippen LogP contribution in [0.15, 0.2) is 24.3 Å². The Morgan fingerprint density at radius 3 is 2.45 bits per heavy atom. The summed E-state index contributed by atoms with van der Waals surface area (Å²) in [5.41, 5.74) is 6.74. The molecule has 0 aromatic heterocycles. The molecule has 0 spiro atoms. The first-order valence-electron chi connectivity index (χ1n) is 6.42. The molecule has 0 aliphatic heterocycles. The zero-order chi connectivity index (χ0) is 15.2. The van der Waals surface area contributed by atoms with Crippen LogP contribution in [0.4, 0.5) is 5.69 Å². The first-order valence-corrected chi connectivity index (χ1v) is 8.08. The molecular weight excluding hydrogens is 280 g/mol. The minimum atomic E-state index is -3.45. The number of aliphatic hydroxyl groups excluding tert-OH is 1. The van der Waals surface area contributed by atoms with Crippen LogP contribution in [0.2, 0.25) is 0 Å². The van der Waals surface area contributed by atoms with Gasteiger partial charge in [0.2, 0.25) is 10.0 Å². The summed E-state index contributed by atoms with van der Waals surface area (Å²) < 4.78 is 30.9. The zero-order valence-corrected chi connectivity index (χ0v) is 12.6. The van der Waals surface area contributed by atoms with E-state index < -0.39 is 16.1 Å². The average Bonchev–Trinajstić information content (AvgIpc) is 2.36. The van der Waals surface area contributed by atoms with Crippen molar-refractivity contribution >= 4 is 15.7 Å². The third-order valence-corrected chi connectivity index (χ3v) is 3.93. The number of nitrogens with two attached hydrogens (primary N) is 1. The Bertz CT molecular complexity index is 500. The molecule has 6 nitrogen and oxygen atoms in total. The van der Waals surface area contributed by atoms with E-state index in [2.05, 4.69) is 4.72 Å². The number of benzene rings is 1. The van der Waals surface area contributed by atoms with Crippen LogP contribution < -0.4 is 10.5 Å². The van der Waals surface area contributed by atoms with E-state index in [4.69, 9.17) is 10.5 Å². The SMILES string of the molecule is CC(C)OCCS(=O)(=O)NCC(O)c1ccc(N)cc1. The predicted molar refractivity (Wildman–Crippen MR) is 78.7 cm³/mol. The molecule has 0 saturated heterocycles. The van der Waals surface area contributed by atoms with Crippen molar-refractivity contribution in [3.8, 4) is 0 Å². The van der Waals surface area contributed by atoms with E-state index in [9.17, 15) is 13.5 Å². The molecule has 1 unspecified atom stereocenters.